The first-order valence-electron chi connectivity index (χ1n) is 7.09. The highest BCUT2D eigenvalue weighted by molar-refractivity contribution is 7.98. The molecule has 0 spiro atoms. The largest absolute Gasteiger partial charge is 0.318 e. The second-order valence-electron chi connectivity index (χ2n) is 4.54. The third-order valence-corrected chi connectivity index (χ3v) is 3.82. The maximum atomic E-state index is 13.2. The quantitative estimate of drug-likeness (QED) is 0.524. The molecule has 0 amide bonds. The zero-order valence-corrected chi connectivity index (χ0v) is 14.2. The molecule has 22 heavy (non-hydrogen) atoms. The number of aromatic nitrogens is 4. The van der Waals surface area contributed by atoms with Gasteiger partial charge in [0, 0.05) is 12.6 Å². The van der Waals surface area contributed by atoms with E-state index in [1.807, 2.05) is 38.6 Å². The Morgan fingerprint density at radius 1 is 1.18 bits per heavy atom. The number of hydrogen-bond acceptors (Lipinski definition) is 4. The van der Waals surface area contributed by atoms with Crippen LogP contribution in [0, 0.1) is 12.7 Å². The van der Waals surface area contributed by atoms with E-state index in [0.29, 0.717) is 5.82 Å². The Morgan fingerprint density at radius 2 is 1.91 bits per heavy atom. The SMILES string of the molecule is CC.CSc1nc(-c2ccc(F)cc2C)nc2c1ncn2C. The average Bonchev–Trinajstić information content (AvgIpc) is 2.90. The van der Waals surface area contributed by atoms with Crippen molar-refractivity contribution in [2.24, 2.45) is 7.05 Å². The second kappa shape index (κ2) is 6.87. The lowest BCUT2D eigenvalue weighted by molar-refractivity contribution is 0.627. The molecule has 0 bridgehead atoms. The highest BCUT2D eigenvalue weighted by atomic mass is 32.2. The Hall–Kier alpha value is -1.95. The molecule has 2 aromatic heterocycles. The number of thioether (sulfide) groups is 1. The first-order chi connectivity index (χ1) is 10.6. The number of fused-ring (bicyclic) bond motifs is 1. The maximum absolute atomic E-state index is 13.2. The number of aryl methyl sites for hydroxylation is 2. The van der Waals surface area contributed by atoms with Crippen LogP contribution in [0.5, 0.6) is 0 Å². The number of hydrogen-bond donors (Lipinski definition) is 0. The Bertz CT molecular complexity index is 798. The second-order valence-corrected chi connectivity index (χ2v) is 5.34. The molecule has 0 aliphatic carbocycles. The Kier molecular flexibility index (Phi) is 5.13. The van der Waals surface area contributed by atoms with Crippen molar-refractivity contribution in [2.45, 2.75) is 25.8 Å². The van der Waals surface area contributed by atoms with E-state index >= 15 is 0 Å². The minimum atomic E-state index is -0.252. The lowest BCUT2D eigenvalue weighted by Gasteiger charge is -2.07. The number of imidazole rings is 1. The summed E-state index contributed by atoms with van der Waals surface area (Å²) in [4.78, 5) is 13.4. The van der Waals surface area contributed by atoms with E-state index in [9.17, 15) is 4.39 Å². The summed E-state index contributed by atoms with van der Waals surface area (Å²) in [6, 6.07) is 4.63. The molecule has 0 N–H and O–H groups in total. The first kappa shape index (κ1) is 16.4. The third kappa shape index (κ3) is 2.97. The smallest absolute Gasteiger partial charge is 0.164 e. The van der Waals surface area contributed by atoms with Crippen molar-refractivity contribution in [3.8, 4) is 11.4 Å². The summed E-state index contributed by atoms with van der Waals surface area (Å²) in [6.45, 7) is 5.86. The molecule has 3 rings (SSSR count). The van der Waals surface area contributed by atoms with Crippen LogP contribution in [-0.2, 0) is 7.05 Å². The number of halogens is 1. The van der Waals surface area contributed by atoms with Crippen molar-refractivity contribution in [1.82, 2.24) is 19.5 Å². The normalized spacial score (nSPS) is 10.5. The third-order valence-electron chi connectivity index (χ3n) is 3.15. The van der Waals surface area contributed by atoms with Gasteiger partial charge in [-0.05, 0) is 36.9 Å². The molecule has 116 valence electrons. The van der Waals surface area contributed by atoms with Crippen LogP contribution in [0.1, 0.15) is 19.4 Å². The molecule has 0 atom stereocenters. The minimum absolute atomic E-state index is 0.252. The van der Waals surface area contributed by atoms with Crippen molar-refractivity contribution < 1.29 is 4.39 Å². The van der Waals surface area contributed by atoms with Crippen molar-refractivity contribution in [1.29, 1.82) is 0 Å². The van der Waals surface area contributed by atoms with Crippen LogP contribution in [0.25, 0.3) is 22.6 Å². The summed E-state index contributed by atoms with van der Waals surface area (Å²) in [5.41, 5.74) is 3.23. The molecule has 1 aromatic carbocycles. The topological polar surface area (TPSA) is 43.6 Å². The Labute approximate surface area is 133 Å². The fraction of sp³-hybridized carbons (Fsp3) is 0.312. The average molecular weight is 318 g/mol. The summed E-state index contributed by atoms with van der Waals surface area (Å²) in [5, 5.41) is 0.828. The number of nitrogens with zero attached hydrogens (tertiary/aromatic N) is 4. The molecule has 4 nitrogen and oxygen atoms in total. The van der Waals surface area contributed by atoms with E-state index < -0.39 is 0 Å². The number of rotatable bonds is 2. The van der Waals surface area contributed by atoms with Crippen LogP contribution in [0.2, 0.25) is 0 Å². The predicted octanol–water partition coefficient (Wildman–Crippen LogP) is 4.23. The lowest BCUT2D eigenvalue weighted by atomic mass is 10.1. The van der Waals surface area contributed by atoms with Crippen LogP contribution in [0.3, 0.4) is 0 Å². The molecule has 6 heteroatoms. The van der Waals surface area contributed by atoms with Crippen molar-refractivity contribution in [2.75, 3.05) is 6.26 Å². The zero-order chi connectivity index (χ0) is 16.3. The van der Waals surface area contributed by atoms with Gasteiger partial charge in [0.25, 0.3) is 0 Å². The highest BCUT2D eigenvalue weighted by Gasteiger charge is 2.14. The van der Waals surface area contributed by atoms with Gasteiger partial charge < -0.3 is 4.57 Å². The van der Waals surface area contributed by atoms with Crippen LogP contribution >= 0.6 is 11.8 Å². The molecule has 0 saturated carbocycles. The summed E-state index contributed by atoms with van der Waals surface area (Å²) < 4.78 is 15.1. The summed E-state index contributed by atoms with van der Waals surface area (Å²) in [7, 11) is 1.90. The van der Waals surface area contributed by atoms with Gasteiger partial charge in [-0.15, -0.1) is 11.8 Å². The van der Waals surface area contributed by atoms with Crippen LogP contribution in [0.15, 0.2) is 29.6 Å². The molecule has 0 saturated heterocycles. The van der Waals surface area contributed by atoms with E-state index in [-0.39, 0.29) is 5.82 Å². The fourth-order valence-electron chi connectivity index (χ4n) is 2.12. The maximum Gasteiger partial charge on any atom is 0.164 e. The fourth-order valence-corrected chi connectivity index (χ4v) is 2.64. The van der Waals surface area contributed by atoms with E-state index in [4.69, 9.17) is 0 Å². The van der Waals surface area contributed by atoms with Crippen molar-refractivity contribution in [3.63, 3.8) is 0 Å². The lowest BCUT2D eigenvalue weighted by Crippen LogP contribution is -1.97. The van der Waals surface area contributed by atoms with Gasteiger partial charge in [0.1, 0.15) is 16.4 Å². The van der Waals surface area contributed by atoms with Gasteiger partial charge in [-0.25, -0.2) is 19.3 Å². The van der Waals surface area contributed by atoms with Crippen molar-refractivity contribution in [3.05, 3.63) is 35.9 Å². The molecule has 0 aliphatic rings. The van der Waals surface area contributed by atoms with Gasteiger partial charge in [-0.2, -0.15) is 0 Å². The van der Waals surface area contributed by atoms with Gasteiger partial charge in [-0.1, -0.05) is 13.8 Å². The Balaban J connectivity index is 0.000000847. The first-order valence-corrected chi connectivity index (χ1v) is 8.32. The van der Waals surface area contributed by atoms with E-state index in [1.165, 1.54) is 23.9 Å². The van der Waals surface area contributed by atoms with Crippen LogP contribution in [-0.4, -0.2) is 25.8 Å². The van der Waals surface area contributed by atoms with Gasteiger partial charge in [0.05, 0.1) is 6.33 Å². The highest BCUT2D eigenvalue weighted by Crippen LogP contribution is 2.27. The van der Waals surface area contributed by atoms with Crippen LogP contribution < -0.4 is 0 Å². The molecule has 0 fully saturated rings. The van der Waals surface area contributed by atoms with E-state index in [1.54, 1.807) is 12.4 Å². The summed E-state index contributed by atoms with van der Waals surface area (Å²) in [5.74, 6) is 0.348. The predicted molar refractivity (Wildman–Crippen MR) is 89.6 cm³/mol. The molecule has 0 aliphatic heterocycles. The monoisotopic (exact) mass is 318 g/mol. The van der Waals surface area contributed by atoms with Gasteiger partial charge in [0.15, 0.2) is 11.5 Å². The molecule has 0 unspecified atom stereocenters. The minimum Gasteiger partial charge on any atom is -0.318 e. The summed E-state index contributed by atoms with van der Waals surface area (Å²) >= 11 is 1.53. The zero-order valence-electron chi connectivity index (χ0n) is 13.4. The molecular formula is C16H19FN4S. The van der Waals surface area contributed by atoms with Gasteiger partial charge >= 0.3 is 0 Å². The van der Waals surface area contributed by atoms with Gasteiger partial charge in [0.2, 0.25) is 0 Å². The molecular weight excluding hydrogens is 299 g/mol. The number of benzene rings is 1. The molecule has 2 heterocycles. The van der Waals surface area contributed by atoms with Gasteiger partial charge in [-0.3, -0.25) is 0 Å². The Morgan fingerprint density at radius 3 is 2.55 bits per heavy atom. The van der Waals surface area contributed by atoms with Crippen LogP contribution in [0.4, 0.5) is 4.39 Å². The van der Waals surface area contributed by atoms with E-state index in [0.717, 1.165) is 27.3 Å². The molecule has 0 radical (unpaired) electrons. The van der Waals surface area contributed by atoms with E-state index in [2.05, 4.69) is 15.0 Å². The standard InChI is InChI=1S/C14H13FN4S.C2H6/c1-8-6-9(15)4-5-10(8)12-17-13-11(14(18-12)20-3)16-7-19(13)2;1-2/h4-7H,1-3H3;1-2H3. The molecule has 3 aromatic rings. The summed E-state index contributed by atoms with van der Waals surface area (Å²) in [6.07, 6.45) is 3.68. The van der Waals surface area contributed by atoms with Crippen molar-refractivity contribution >= 4 is 22.9 Å².